The van der Waals surface area contributed by atoms with Gasteiger partial charge in [-0.15, -0.1) is 10.2 Å². The Morgan fingerprint density at radius 1 is 1.23 bits per heavy atom. The molecule has 6 nitrogen and oxygen atoms in total. The van der Waals surface area contributed by atoms with Gasteiger partial charge in [-0.2, -0.15) is 0 Å². The topological polar surface area (TPSA) is 65.1 Å². The van der Waals surface area contributed by atoms with Crippen molar-refractivity contribution in [2.24, 2.45) is 13.0 Å². The van der Waals surface area contributed by atoms with E-state index in [9.17, 15) is 4.79 Å². The Morgan fingerprint density at radius 2 is 2.07 bits per heavy atom. The molecule has 1 aliphatic rings. The predicted molar refractivity (Wildman–Crippen MR) is 117 cm³/mol. The number of nitrogens with zero attached hydrogens (tertiary/aromatic N) is 5. The average molecular weight is 397 g/mol. The zero-order valence-electron chi connectivity index (χ0n) is 17.1. The molecule has 0 bridgehead atoms. The van der Waals surface area contributed by atoms with E-state index in [-0.39, 0.29) is 11.0 Å². The summed E-state index contributed by atoms with van der Waals surface area (Å²) < 4.78 is 3.59. The van der Waals surface area contributed by atoms with E-state index in [0.29, 0.717) is 17.1 Å². The maximum absolute atomic E-state index is 13.2. The van der Waals surface area contributed by atoms with Gasteiger partial charge in [-0.25, -0.2) is 4.98 Å². The summed E-state index contributed by atoms with van der Waals surface area (Å²) in [7, 11) is 1.99. The molecule has 0 saturated heterocycles. The van der Waals surface area contributed by atoms with Crippen molar-refractivity contribution < 1.29 is 0 Å². The van der Waals surface area contributed by atoms with Crippen molar-refractivity contribution in [1.29, 1.82) is 0 Å². The molecule has 150 valence electrons. The van der Waals surface area contributed by atoms with E-state index < -0.39 is 0 Å². The van der Waals surface area contributed by atoms with Gasteiger partial charge in [0.2, 0.25) is 0 Å². The highest BCUT2D eigenvalue weighted by Crippen LogP contribution is 2.51. The summed E-state index contributed by atoms with van der Waals surface area (Å²) in [5, 5.41) is 8.53. The molecule has 0 N–H and O–H groups in total. The van der Waals surface area contributed by atoms with Crippen LogP contribution in [-0.4, -0.2) is 24.1 Å². The van der Waals surface area contributed by atoms with E-state index in [1.165, 1.54) is 5.56 Å². The lowest BCUT2D eigenvalue weighted by atomic mass is 9.58. The summed E-state index contributed by atoms with van der Waals surface area (Å²) in [6, 6.07) is 12.0. The van der Waals surface area contributed by atoms with Gasteiger partial charge >= 0.3 is 0 Å². The van der Waals surface area contributed by atoms with Crippen molar-refractivity contribution in [2.75, 3.05) is 0 Å². The zero-order chi connectivity index (χ0) is 20.9. The van der Waals surface area contributed by atoms with Gasteiger partial charge in [0.25, 0.3) is 5.56 Å². The number of aryl methyl sites for hydroxylation is 1. The Kier molecular flexibility index (Phi) is 4.17. The molecular weight excluding hydrogens is 374 g/mol. The van der Waals surface area contributed by atoms with Crippen LogP contribution in [0.4, 0.5) is 0 Å². The molecule has 30 heavy (non-hydrogen) atoms. The van der Waals surface area contributed by atoms with Crippen molar-refractivity contribution in [3.63, 3.8) is 0 Å². The number of hydrogen-bond acceptors (Lipinski definition) is 4. The van der Waals surface area contributed by atoms with Crippen LogP contribution in [0.3, 0.4) is 0 Å². The van der Waals surface area contributed by atoms with Crippen LogP contribution in [-0.2, 0) is 12.5 Å². The Balaban J connectivity index is 1.65. The van der Waals surface area contributed by atoms with Gasteiger partial charge in [-0.05, 0) is 53.6 Å². The molecule has 1 fully saturated rings. The summed E-state index contributed by atoms with van der Waals surface area (Å²) >= 11 is 0. The van der Waals surface area contributed by atoms with Crippen LogP contribution in [0.2, 0.25) is 0 Å². The minimum absolute atomic E-state index is 0.0875. The number of fused-ring (bicyclic) bond motifs is 1. The zero-order valence-corrected chi connectivity index (χ0v) is 17.1. The molecule has 0 aliphatic heterocycles. The van der Waals surface area contributed by atoms with Crippen molar-refractivity contribution in [3.05, 3.63) is 89.0 Å². The van der Waals surface area contributed by atoms with Crippen LogP contribution in [0.25, 0.3) is 22.9 Å². The van der Waals surface area contributed by atoms with Crippen molar-refractivity contribution in [1.82, 2.24) is 24.1 Å². The Bertz CT molecular complexity index is 1330. The fraction of sp³-hybridized carbons (Fsp3) is 0.250. The normalized spacial score (nSPS) is 20.8. The smallest absolute Gasteiger partial charge is 0.265 e. The Hall–Kier alpha value is -3.54. The van der Waals surface area contributed by atoms with Crippen LogP contribution < -0.4 is 5.56 Å². The van der Waals surface area contributed by atoms with Crippen LogP contribution >= 0.6 is 0 Å². The first kappa shape index (κ1) is 18.5. The van der Waals surface area contributed by atoms with E-state index in [1.807, 2.05) is 35.9 Å². The highest BCUT2D eigenvalue weighted by atomic mass is 16.1. The number of rotatable bonds is 4. The summed E-state index contributed by atoms with van der Waals surface area (Å²) in [6.07, 6.45) is 8.95. The van der Waals surface area contributed by atoms with Crippen LogP contribution in [0, 0.1) is 5.92 Å². The lowest BCUT2D eigenvalue weighted by Crippen LogP contribution is -2.43. The second kappa shape index (κ2) is 6.76. The van der Waals surface area contributed by atoms with E-state index in [4.69, 9.17) is 0 Å². The summed E-state index contributed by atoms with van der Waals surface area (Å²) in [5.41, 5.74) is 3.85. The lowest BCUT2D eigenvalue weighted by Gasteiger charge is -2.46. The standard InChI is InChI=1S/C24H23N5O/c1-4-17-8-9-21-25-13-20(22(30)29(21)14-17)18-6-5-7-19(10-18)24(11-16(2)12-24)23-27-26-15-28(23)3/h4-10,13-16H,1,11-12H2,2-3H3. The average Bonchev–Trinajstić information content (AvgIpc) is 3.17. The van der Waals surface area contributed by atoms with Gasteiger partial charge < -0.3 is 4.57 Å². The Labute approximate surface area is 174 Å². The summed E-state index contributed by atoms with van der Waals surface area (Å²) in [4.78, 5) is 17.7. The van der Waals surface area contributed by atoms with E-state index in [0.717, 1.165) is 29.8 Å². The molecule has 4 aromatic rings. The number of benzene rings is 1. The highest BCUT2D eigenvalue weighted by Gasteiger charge is 2.48. The third kappa shape index (κ3) is 2.71. The first-order valence-electron chi connectivity index (χ1n) is 10.1. The molecule has 1 saturated carbocycles. The lowest BCUT2D eigenvalue weighted by molar-refractivity contribution is 0.185. The third-order valence-corrected chi connectivity index (χ3v) is 6.22. The fourth-order valence-electron chi connectivity index (χ4n) is 4.79. The third-order valence-electron chi connectivity index (χ3n) is 6.22. The number of pyridine rings is 1. The summed E-state index contributed by atoms with van der Waals surface area (Å²) in [5.74, 6) is 1.59. The van der Waals surface area contributed by atoms with Gasteiger partial charge in [-0.1, -0.05) is 37.8 Å². The summed E-state index contributed by atoms with van der Waals surface area (Å²) in [6.45, 7) is 6.05. The van der Waals surface area contributed by atoms with E-state index >= 15 is 0 Å². The number of aromatic nitrogens is 5. The molecule has 3 heterocycles. The Morgan fingerprint density at radius 3 is 2.77 bits per heavy atom. The molecule has 5 rings (SSSR count). The van der Waals surface area contributed by atoms with Gasteiger partial charge in [0, 0.05) is 19.4 Å². The molecule has 1 aliphatic carbocycles. The quantitative estimate of drug-likeness (QED) is 0.525. The molecule has 1 aromatic carbocycles. The highest BCUT2D eigenvalue weighted by molar-refractivity contribution is 5.65. The van der Waals surface area contributed by atoms with E-state index in [1.54, 1.807) is 29.2 Å². The second-order valence-electron chi connectivity index (χ2n) is 8.31. The first-order valence-corrected chi connectivity index (χ1v) is 10.1. The van der Waals surface area contributed by atoms with Crippen molar-refractivity contribution >= 4 is 11.7 Å². The second-order valence-corrected chi connectivity index (χ2v) is 8.31. The first-order chi connectivity index (χ1) is 14.5. The monoisotopic (exact) mass is 397 g/mol. The molecule has 3 aromatic heterocycles. The van der Waals surface area contributed by atoms with Crippen molar-refractivity contribution in [2.45, 2.75) is 25.2 Å². The molecular formula is C24H23N5O. The van der Waals surface area contributed by atoms with Gasteiger partial charge in [0.05, 0.1) is 11.0 Å². The minimum atomic E-state index is -0.169. The van der Waals surface area contributed by atoms with E-state index in [2.05, 4.69) is 40.8 Å². The largest absolute Gasteiger partial charge is 0.320 e. The van der Waals surface area contributed by atoms with Crippen molar-refractivity contribution in [3.8, 4) is 11.1 Å². The molecule has 0 radical (unpaired) electrons. The van der Waals surface area contributed by atoms with Gasteiger partial charge in [-0.3, -0.25) is 9.20 Å². The van der Waals surface area contributed by atoms with Gasteiger partial charge in [0.15, 0.2) is 0 Å². The van der Waals surface area contributed by atoms with Crippen LogP contribution in [0.15, 0.2) is 66.5 Å². The molecule has 0 unspecified atom stereocenters. The number of hydrogen-bond donors (Lipinski definition) is 0. The molecule has 0 amide bonds. The molecule has 6 heteroatoms. The maximum atomic E-state index is 13.2. The van der Waals surface area contributed by atoms with Crippen LogP contribution in [0.1, 0.15) is 36.7 Å². The van der Waals surface area contributed by atoms with Crippen LogP contribution in [0.5, 0.6) is 0 Å². The predicted octanol–water partition coefficient (Wildman–Crippen LogP) is 3.85. The fourth-order valence-corrected chi connectivity index (χ4v) is 4.79. The molecule has 0 atom stereocenters. The SMILES string of the molecule is C=Cc1ccc2ncc(-c3cccc(C4(c5nncn5C)CC(C)C4)c3)c(=O)n2c1. The molecule has 0 spiro atoms. The maximum Gasteiger partial charge on any atom is 0.265 e. The van der Waals surface area contributed by atoms with Gasteiger partial charge in [0.1, 0.15) is 17.8 Å². The minimum Gasteiger partial charge on any atom is -0.320 e.